The van der Waals surface area contributed by atoms with Crippen LogP contribution in [0, 0.1) is 0 Å². The fourth-order valence-electron chi connectivity index (χ4n) is 1.78. The molecule has 0 saturated carbocycles. The summed E-state index contributed by atoms with van der Waals surface area (Å²) in [6.45, 7) is 2.66. The third kappa shape index (κ3) is 3.21. The number of rotatable bonds is 1. The van der Waals surface area contributed by atoms with Gasteiger partial charge in [0.1, 0.15) is 0 Å². The molecule has 0 bridgehead atoms. The van der Waals surface area contributed by atoms with E-state index in [2.05, 4.69) is 15.9 Å². The molecular formula is C12H13BrClNO2. The number of ether oxygens (including phenoxy) is 1. The standard InChI is InChI=1S/C12H13BrClNO2/c13-9-2-3-11(14)10(8-9)12(16)15-4-1-6-17-7-5-15/h2-3,8H,1,4-7H2. The Morgan fingerprint density at radius 2 is 2.18 bits per heavy atom. The molecule has 0 atom stereocenters. The van der Waals surface area contributed by atoms with E-state index in [1.165, 1.54) is 0 Å². The van der Waals surface area contributed by atoms with E-state index >= 15 is 0 Å². The highest BCUT2D eigenvalue weighted by molar-refractivity contribution is 9.10. The summed E-state index contributed by atoms with van der Waals surface area (Å²) >= 11 is 9.40. The molecule has 0 spiro atoms. The van der Waals surface area contributed by atoms with Crippen LogP contribution in [0.3, 0.4) is 0 Å². The van der Waals surface area contributed by atoms with Crippen LogP contribution in [0.1, 0.15) is 16.8 Å². The van der Waals surface area contributed by atoms with Gasteiger partial charge in [0.05, 0.1) is 17.2 Å². The van der Waals surface area contributed by atoms with Crippen molar-refractivity contribution in [3.63, 3.8) is 0 Å². The third-order valence-electron chi connectivity index (χ3n) is 2.67. The smallest absolute Gasteiger partial charge is 0.255 e. The van der Waals surface area contributed by atoms with Gasteiger partial charge >= 0.3 is 0 Å². The zero-order valence-corrected chi connectivity index (χ0v) is 11.6. The molecule has 0 aromatic heterocycles. The molecule has 1 fully saturated rings. The highest BCUT2D eigenvalue weighted by Crippen LogP contribution is 2.22. The van der Waals surface area contributed by atoms with Crippen molar-refractivity contribution >= 4 is 33.4 Å². The lowest BCUT2D eigenvalue weighted by Gasteiger charge is -2.20. The van der Waals surface area contributed by atoms with Crippen molar-refractivity contribution in [2.75, 3.05) is 26.3 Å². The predicted octanol–water partition coefficient (Wildman–Crippen LogP) is 2.97. The molecule has 0 N–H and O–H groups in total. The topological polar surface area (TPSA) is 29.5 Å². The van der Waals surface area contributed by atoms with Crippen molar-refractivity contribution in [3.8, 4) is 0 Å². The van der Waals surface area contributed by atoms with E-state index in [1.807, 2.05) is 6.07 Å². The van der Waals surface area contributed by atoms with Crippen molar-refractivity contribution < 1.29 is 9.53 Å². The number of halogens is 2. The highest BCUT2D eigenvalue weighted by atomic mass is 79.9. The monoisotopic (exact) mass is 317 g/mol. The van der Waals surface area contributed by atoms with Crippen LogP contribution in [0.2, 0.25) is 5.02 Å². The Morgan fingerprint density at radius 1 is 1.35 bits per heavy atom. The van der Waals surface area contributed by atoms with Crippen molar-refractivity contribution in [2.45, 2.75) is 6.42 Å². The second kappa shape index (κ2) is 5.85. The van der Waals surface area contributed by atoms with Gasteiger partial charge < -0.3 is 9.64 Å². The average molecular weight is 319 g/mol. The van der Waals surface area contributed by atoms with Gasteiger partial charge in [0.2, 0.25) is 0 Å². The van der Waals surface area contributed by atoms with Gasteiger partial charge in [-0.3, -0.25) is 4.79 Å². The first-order chi connectivity index (χ1) is 8.18. The second-order valence-corrected chi connectivity index (χ2v) is 5.21. The Balaban J connectivity index is 2.20. The number of carbonyl (C=O) groups excluding carboxylic acids is 1. The lowest BCUT2D eigenvalue weighted by Crippen LogP contribution is -2.33. The summed E-state index contributed by atoms with van der Waals surface area (Å²) in [6.07, 6.45) is 0.872. The minimum Gasteiger partial charge on any atom is -0.380 e. The third-order valence-corrected chi connectivity index (χ3v) is 3.49. The van der Waals surface area contributed by atoms with E-state index in [0.29, 0.717) is 23.7 Å². The molecule has 3 nitrogen and oxygen atoms in total. The summed E-state index contributed by atoms with van der Waals surface area (Å²) in [6, 6.07) is 5.31. The Morgan fingerprint density at radius 3 is 3.00 bits per heavy atom. The molecule has 0 unspecified atom stereocenters. The maximum atomic E-state index is 12.3. The van der Waals surface area contributed by atoms with E-state index in [4.69, 9.17) is 16.3 Å². The average Bonchev–Trinajstić information content (AvgIpc) is 2.60. The van der Waals surface area contributed by atoms with Crippen LogP contribution in [0.25, 0.3) is 0 Å². The molecular weight excluding hydrogens is 305 g/mol. The fourth-order valence-corrected chi connectivity index (χ4v) is 2.34. The Kier molecular flexibility index (Phi) is 4.42. The van der Waals surface area contributed by atoms with Gasteiger partial charge in [-0.25, -0.2) is 0 Å². The molecule has 17 heavy (non-hydrogen) atoms. The fraction of sp³-hybridized carbons (Fsp3) is 0.417. The van der Waals surface area contributed by atoms with E-state index in [-0.39, 0.29) is 5.91 Å². The van der Waals surface area contributed by atoms with E-state index in [9.17, 15) is 4.79 Å². The zero-order valence-electron chi connectivity index (χ0n) is 9.29. The van der Waals surface area contributed by atoms with Gasteiger partial charge in [-0.2, -0.15) is 0 Å². The maximum absolute atomic E-state index is 12.3. The highest BCUT2D eigenvalue weighted by Gasteiger charge is 2.19. The van der Waals surface area contributed by atoms with Crippen molar-refractivity contribution in [1.82, 2.24) is 4.90 Å². The largest absolute Gasteiger partial charge is 0.380 e. The van der Waals surface area contributed by atoms with Crippen LogP contribution in [0.5, 0.6) is 0 Å². The van der Waals surface area contributed by atoms with E-state index in [0.717, 1.165) is 24.0 Å². The number of nitrogens with zero attached hydrogens (tertiary/aromatic N) is 1. The van der Waals surface area contributed by atoms with Crippen LogP contribution in [0.4, 0.5) is 0 Å². The first-order valence-corrected chi connectivity index (χ1v) is 6.67. The number of carbonyl (C=O) groups is 1. The molecule has 1 heterocycles. The van der Waals surface area contributed by atoms with Gasteiger partial charge in [-0.05, 0) is 24.6 Å². The van der Waals surface area contributed by atoms with Crippen LogP contribution < -0.4 is 0 Å². The van der Waals surface area contributed by atoms with Gasteiger partial charge in [-0.15, -0.1) is 0 Å². The summed E-state index contributed by atoms with van der Waals surface area (Å²) in [4.78, 5) is 14.1. The normalized spacial score (nSPS) is 16.7. The maximum Gasteiger partial charge on any atom is 0.255 e. The lowest BCUT2D eigenvalue weighted by molar-refractivity contribution is 0.0741. The predicted molar refractivity (Wildman–Crippen MR) is 70.5 cm³/mol. The van der Waals surface area contributed by atoms with Gasteiger partial charge in [-0.1, -0.05) is 27.5 Å². The summed E-state index contributed by atoms with van der Waals surface area (Å²) in [5.41, 5.74) is 0.544. The molecule has 0 radical (unpaired) electrons. The molecule has 1 saturated heterocycles. The second-order valence-electron chi connectivity index (χ2n) is 3.88. The first-order valence-electron chi connectivity index (χ1n) is 5.50. The van der Waals surface area contributed by atoms with Crippen molar-refractivity contribution in [1.29, 1.82) is 0 Å². The van der Waals surface area contributed by atoms with Gasteiger partial charge in [0, 0.05) is 24.2 Å². The van der Waals surface area contributed by atoms with Crippen LogP contribution in [-0.2, 0) is 4.74 Å². The summed E-state index contributed by atoms with van der Waals surface area (Å²) in [5.74, 6) is -0.0261. The molecule has 1 amide bonds. The minimum absolute atomic E-state index is 0.0261. The summed E-state index contributed by atoms with van der Waals surface area (Å²) < 4.78 is 6.19. The number of hydrogen-bond acceptors (Lipinski definition) is 2. The lowest BCUT2D eigenvalue weighted by atomic mass is 10.2. The van der Waals surface area contributed by atoms with Gasteiger partial charge in [0.15, 0.2) is 0 Å². The Bertz CT molecular complexity index is 417. The van der Waals surface area contributed by atoms with Crippen molar-refractivity contribution in [3.05, 3.63) is 33.3 Å². The van der Waals surface area contributed by atoms with E-state index in [1.54, 1.807) is 17.0 Å². The van der Waals surface area contributed by atoms with E-state index < -0.39 is 0 Å². The van der Waals surface area contributed by atoms with Gasteiger partial charge in [0.25, 0.3) is 5.91 Å². The molecule has 5 heteroatoms. The number of hydrogen-bond donors (Lipinski definition) is 0. The van der Waals surface area contributed by atoms with Crippen LogP contribution in [0.15, 0.2) is 22.7 Å². The molecule has 92 valence electrons. The molecule has 1 aromatic rings. The Labute approximate surface area is 114 Å². The molecule has 2 rings (SSSR count). The zero-order chi connectivity index (χ0) is 12.3. The Hall–Kier alpha value is -0.580. The van der Waals surface area contributed by atoms with Crippen LogP contribution in [-0.4, -0.2) is 37.1 Å². The molecule has 0 aliphatic carbocycles. The quantitative estimate of drug-likeness (QED) is 0.797. The minimum atomic E-state index is -0.0261. The SMILES string of the molecule is O=C(c1cc(Br)ccc1Cl)N1CCCOCC1. The first kappa shape index (κ1) is 12.9. The summed E-state index contributed by atoms with van der Waals surface area (Å²) in [5, 5.41) is 0.489. The molecule has 1 aliphatic heterocycles. The molecule has 1 aromatic carbocycles. The molecule has 1 aliphatic rings. The number of benzene rings is 1. The summed E-state index contributed by atoms with van der Waals surface area (Å²) in [7, 11) is 0. The van der Waals surface area contributed by atoms with Crippen LogP contribution >= 0.6 is 27.5 Å². The number of amides is 1. The van der Waals surface area contributed by atoms with Crippen molar-refractivity contribution in [2.24, 2.45) is 0 Å².